The number of benzene rings is 1. The maximum Gasteiger partial charge on any atom is 0.232 e. The second-order valence-electron chi connectivity index (χ2n) is 7.86. The molecule has 27 heavy (non-hydrogen) atoms. The predicted molar refractivity (Wildman–Crippen MR) is 110 cm³/mol. The lowest BCUT2D eigenvalue weighted by molar-refractivity contribution is -0.129. The Balaban J connectivity index is 1.66. The van der Waals surface area contributed by atoms with Gasteiger partial charge < -0.3 is 9.80 Å². The number of rotatable bonds is 6. The lowest BCUT2D eigenvalue weighted by Gasteiger charge is -2.32. The zero-order chi connectivity index (χ0) is 19.4. The fourth-order valence-corrected chi connectivity index (χ4v) is 4.83. The van der Waals surface area contributed by atoms with Crippen LogP contribution in [0.1, 0.15) is 39.0 Å². The highest BCUT2D eigenvalue weighted by Crippen LogP contribution is 2.26. The van der Waals surface area contributed by atoms with Gasteiger partial charge in [-0.25, -0.2) is 8.42 Å². The summed E-state index contributed by atoms with van der Waals surface area (Å²) >= 11 is 0. The largest absolute Gasteiger partial charge is 0.372 e. The van der Waals surface area contributed by atoms with Gasteiger partial charge in [-0.3, -0.25) is 9.10 Å². The number of nitrogens with zero attached hydrogens (tertiary/aromatic N) is 3. The highest BCUT2D eigenvalue weighted by Gasteiger charge is 2.23. The van der Waals surface area contributed by atoms with Gasteiger partial charge in [-0.1, -0.05) is 6.92 Å². The van der Waals surface area contributed by atoms with E-state index in [2.05, 4.69) is 11.8 Å². The summed E-state index contributed by atoms with van der Waals surface area (Å²) in [7, 11) is -3.43. The number of sulfonamides is 1. The number of anilines is 2. The summed E-state index contributed by atoms with van der Waals surface area (Å²) in [6.45, 7) is 6.14. The third kappa shape index (κ3) is 5.15. The minimum Gasteiger partial charge on any atom is -0.372 e. The molecular formula is C20H31N3O3S. The molecule has 2 aliphatic heterocycles. The van der Waals surface area contributed by atoms with Crippen LogP contribution in [0.25, 0.3) is 0 Å². The van der Waals surface area contributed by atoms with Gasteiger partial charge in [0.15, 0.2) is 0 Å². The molecule has 0 radical (unpaired) electrons. The van der Waals surface area contributed by atoms with Gasteiger partial charge in [0.1, 0.15) is 0 Å². The number of amides is 1. The molecule has 1 aromatic carbocycles. The van der Waals surface area contributed by atoms with Gasteiger partial charge in [-0.2, -0.15) is 0 Å². The van der Waals surface area contributed by atoms with Gasteiger partial charge in [0.25, 0.3) is 0 Å². The molecule has 2 saturated heterocycles. The Morgan fingerprint density at radius 1 is 1.07 bits per heavy atom. The van der Waals surface area contributed by atoms with Crippen molar-refractivity contribution in [2.24, 2.45) is 5.92 Å². The van der Waals surface area contributed by atoms with Crippen LogP contribution in [0.5, 0.6) is 0 Å². The maximum atomic E-state index is 12.3. The smallest absolute Gasteiger partial charge is 0.232 e. The SMILES string of the molecule is CC1CCN(c2ccc(N(CCC(=O)N3CCCC3)S(C)(=O)=O)cc2)CC1. The molecule has 0 bridgehead atoms. The lowest BCUT2D eigenvalue weighted by atomic mass is 9.99. The molecule has 2 heterocycles. The Hall–Kier alpha value is -1.76. The Morgan fingerprint density at radius 2 is 1.67 bits per heavy atom. The van der Waals surface area contributed by atoms with E-state index in [1.807, 2.05) is 29.2 Å². The normalized spacial score (nSPS) is 18.7. The van der Waals surface area contributed by atoms with Crippen LogP contribution < -0.4 is 9.21 Å². The minimum absolute atomic E-state index is 0.0419. The van der Waals surface area contributed by atoms with Crippen LogP contribution in [0.15, 0.2) is 24.3 Å². The first-order chi connectivity index (χ1) is 12.8. The molecule has 0 N–H and O–H groups in total. The van der Waals surface area contributed by atoms with Crippen molar-refractivity contribution >= 4 is 27.3 Å². The van der Waals surface area contributed by atoms with Gasteiger partial charge in [-0.15, -0.1) is 0 Å². The zero-order valence-corrected chi connectivity index (χ0v) is 17.2. The molecule has 0 atom stereocenters. The summed E-state index contributed by atoms with van der Waals surface area (Å²) in [4.78, 5) is 16.5. The van der Waals surface area contributed by atoms with E-state index < -0.39 is 10.0 Å². The molecule has 0 saturated carbocycles. The van der Waals surface area contributed by atoms with Crippen LogP contribution in [0.3, 0.4) is 0 Å². The third-order valence-corrected chi connectivity index (χ3v) is 6.87. The summed E-state index contributed by atoms with van der Waals surface area (Å²) in [6, 6.07) is 7.70. The van der Waals surface area contributed by atoms with E-state index >= 15 is 0 Å². The average Bonchev–Trinajstić information content (AvgIpc) is 3.17. The molecular weight excluding hydrogens is 362 g/mol. The lowest BCUT2D eigenvalue weighted by Crippen LogP contribution is -2.36. The molecule has 2 aliphatic rings. The number of hydrogen-bond donors (Lipinski definition) is 0. The Kier molecular flexibility index (Phi) is 6.29. The van der Waals surface area contributed by atoms with Crippen LogP contribution in [-0.2, 0) is 14.8 Å². The van der Waals surface area contributed by atoms with Gasteiger partial charge in [-0.05, 0) is 55.9 Å². The van der Waals surface area contributed by atoms with E-state index in [1.54, 1.807) is 0 Å². The van der Waals surface area contributed by atoms with E-state index in [-0.39, 0.29) is 18.9 Å². The number of carbonyl (C=O) groups is 1. The van der Waals surface area contributed by atoms with E-state index in [4.69, 9.17) is 0 Å². The van der Waals surface area contributed by atoms with Crippen molar-refractivity contribution < 1.29 is 13.2 Å². The average molecular weight is 394 g/mol. The number of likely N-dealkylation sites (tertiary alicyclic amines) is 1. The Morgan fingerprint density at radius 3 is 2.22 bits per heavy atom. The van der Waals surface area contributed by atoms with Crippen molar-refractivity contribution in [1.29, 1.82) is 0 Å². The molecule has 7 heteroatoms. The number of carbonyl (C=O) groups excluding carboxylic acids is 1. The summed E-state index contributed by atoms with van der Waals surface area (Å²) < 4.78 is 25.9. The molecule has 6 nitrogen and oxygen atoms in total. The van der Waals surface area contributed by atoms with Gasteiger partial charge in [0.05, 0.1) is 11.9 Å². The van der Waals surface area contributed by atoms with Gasteiger partial charge in [0.2, 0.25) is 15.9 Å². The second-order valence-corrected chi connectivity index (χ2v) is 9.77. The fourth-order valence-electron chi connectivity index (χ4n) is 3.90. The van der Waals surface area contributed by atoms with Crippen molar-refractivity contribution in [1.82, 2.24) is 4.90 Å². The Bertz CT molecular complexity index is 734. The first-order valence-electron chi connectivity index (χ1n) is 9.95. The quantitative estimate of drug-likeness (QED) is 0.746. The first kappa shape index (κ1) is 20.0. The summed E-state index contributed by atoms with van der Waals surface area (Å²) in [5.41, 5.74) is 1.76. The Labute approximate surface area is 163 Å². The van der Waals surface area contributed by atoms with E-state index in [0.29, 0.717) is 5.69 Å². The van der Waals surface area contributed by atoms with Crippen LogP contribution in [-0.4, -0.2) is 58.2 Å². The molecule has 1 aromatic rings. The summed E-state index contributed by atoms with van der Waals surface area (Å²) in [6.07, 6.45) is 5.88. The van der Waals surface area contributed by atoms with Gasteiger partial charge >= 0.3 is 0 Å². The van der Waals surface area contributed by atoms with Crippen LogP contribution in [0, 0.1) is 5.92 Å². The van der Waals surface area contributed by atoms with Crippen molar-refractivity contribution in [3.8, 4) is 0 Å². The predicted octanol–water partition coefficient (Wildman–Crippen LogP) is 2.70. The van der Waals surface area contributed by atoms with Crippen LogP contribution in [0.2, 0.25) is 0 Å². The van der Waals surface area contributed by atoms with E-state index in [9.17, 15) is 13.2 Å². The summed E-state index contributed by atoms with van der Waals surface area (Å²) in [5, 5.41) is 0. The number of piperidine rings is 1. The third-order valence-electron chi connectivity index (χ3n) is 5.67. The topological polar surface area (TPSA) is 60.9 Å². The van der Waals surface area contributed by atoms with E-state index in [0.717, 1.165) is 50.6 Å². The molecule has 0 aliphatic carbocycles. The molecule has 2 fully saturated rings. The monoisotopic (exact) mass is 393 g/mol. The minimum atomic E-state index is -3.43. The van der Waals surface area contributed by atoms with E-state index in [1.165, 1.54) is 23.4 Å². The molecule has 150 valence electrons. The second kappa shape index (κ2) is 8.50. The fraction of sp³-hybridized carbons (Fsp3) is 0.650. The zero-order valence-electron chi connectivity index (χ0n) is 16.4. The van der Waals surface area contributed by atoms with Crippen molar-refractivity contribution in [3.63, 3.8) is 0 Å². The molecule has 0 spiro atoms. The molecule has 1 amide bonds. The number of hydrogen-bond acceptors (Lipinski definition) is 4. The van der Waals surface area contributed by atoms with Gasteiger partial charge in [0, 0.05) is 44.8 Å². The summed E-state index contributed by atoms with van der Waals surface area (Å²) in [5.74, 6) is 0.814. The molecule has 0 aromatic heterocycles. The molecule has 3 rings (SSSR count). The first-order valence-corrected chi connectivity index (χ1v) is 11.8. The maximum absolute atomic E-state index is 12.3. The highest BCUT2D eigenvalue weighted by atomic mass is 32.2. The van der Waals surface area contributed by atoms with Crippen molar-refractivity contribution in [3.05, 3.63) is 24.3 Å². The molecule has 0 unspecified atom stereocenters. The van der Waals surface area contributed by atoms with Crippen molar-refractivity contribution in [2.75, 3.05) is 48.2 Å². The highest BCUT2D eigenvalue weighted by molar-refractivity contribution is 7.92. The van der Waals surface area contributed by atoms with Crippen LogP contribution >= 0.6 is 0 Å². The standard InChI is InChI=1S/C20H31N3O3S/c1-17-9-14-21(15-10-17)18-5-7-19(8-6-18)23(27(2,25)26)16-11-20(24)22-12-3-4-13-22/h5-8,17H,3-4,9-16H2,1-2H3. The van der Waals surface area contributed by atoms with Crippen molar-refractivity contribution in [2.45, 2.75) is 39.0 Å². The van der Waals surface area contributed by atoms with Crippen LogP contribution in [0.4, 0.5) is 11.4 Å².